The monoisotopic (exact) mass is 445 g/mol. The Hall–Kier alpha value is -2.91. The van der Waals surface area contributed by atoms with Crippen LogP contribution in [-0.2, 0) is 9.59 Å². The molecule has 2 aromatic rings. The molecule has 0 atom stereocenters. The number of nitro groups is 1. The fourth-order valence-electron chi connectivity index (χ4n) is 2.64. The molecular formula is C18H12BrN3O4S. The molecule has 0 aromatic heterocycles. The van der Waals surface area contributed by atoms with Crippen molar-refractivity contribution in [3.63, 3.8) is 0 Å². The highest BCUT2D eigenvalue weighted by Crippen LogP contribution is 2.28. The second-order valence-corrected chi connectivity index (χ2v) is 7.04. The van der Waals surface area contributed by atoms with Crippen molar-refractivity contribution < 1.29 is 14.5 Å². The molecule has 2 aromatic carbocycles. The first-order valence-electron chi connectivity index (χ1n) is 7.70. The minimum absolute atomic E-state index is 0.0217. The van der Waals surface area contributed by atoms with Crippen molar-refractivity contribution in [2.75, 3.05) is 4.90 Å². The van der Waals surface area contributed by atoms with Crippen LogP contribution in [0.3, 0.4) is 0 Å². The van der Waals surface area contributed by atoms with Gasteiger partial charge in [-0.05, 0) is 54.5 Å². The third kappa shape index (κ3) is 3.79. The average molecular weight is 446 g/mol. The summed E-state index contributed by atoms with van der Waals surface area (Å²) in [4.78, 5) is 36.9. The molecule has 0 aliphatic carbocycles. The lowest BCUT2D eigenvalue weighted by molar-refractivity contribution is -0.384. The lowest BCUT2D eigenvalue weighted by atomic mass is 10.1. The lowest BCUT2D eigenvalue weighted by Gasteiger charge is -2.30. The van der Waals surface area contributed by atoms with E-state index in [2.05, 4.69) is 21.2 Å². The van der Waals surface area contributed by atoms with E-state index in [1.54, 1.807) is 18.2 Å². The highest BCUT2D eigenvalue weighted by Gasteiger charge is 2.35. The number of non-ortho nitro benzene ring substituents is 1. The van der Waals surface area contributed by atoms with Crippen molar-refractivity contribution in [1.29, 1.82) is 0 Å². The molecule has 1 heterocycles. The summed E-state index contributed by atoms with van der Waals surface area (Å²) >= 11 is 8.54. The molecule has 27 heavy (non-hydrogen) atoms. The van der Waals surface area contributed by atoms with Gasteiger partial charge in [-0.15, -0.1) is 0 Å². The van der Waals surface area contributed by atoms with E-state index in [1.807, 2.05) is 13.0 Å². The Bertz CT molecular complexity index is 1040. The number of hydrogen-bond acceptors (Lipinski definition) is 5. The van der Waals surface area contributed by atoms with Crippen molar-refractivity contribution in [1.82, 2.24) is 5.32 Å². The number of nitrogens with zero attached hydrogens (tertiary/aromatic N) is 2. The van der Waals surface area contributed by atoms with Crippen LogP contribution in [-0.4, -0.2) is 21.9 Å². The van der Waals surface area contributed by atoms with Crippen LogP contribution in [0.5, 0.6) is 0 Å². The maximum absolute atomic E-state index is 13.0. The Morgan fingerprint density at radius 3 is 2.63 bits per heavy atom. The molecule has 7 nitrogen and oxygen atoms in total. The Kier molecular flexibility index (Phi) is 5.15. The smallest absolute Gasteiger partial charge is 0.270 e. The van der Waals surface area contributed by atoms with Gasteiger partial charge in [0.05, 0.1) is 10.6 Å². The number of nitro benzene ring substituents is 1. The second kappa shape index (κ2) is 7.37. The Labute approximate surface area is 167 Å². The molecule has 1 fully saturated rings. The lowest BCUT2D eigenvalue weighted by Crippen LogP contribution is -2.54. The van der Waals surface area contributed by atoms with Crippen LogP contribution in [0.1, 0.15) is 11.1 Å². The van der Waals surface area contributed by atoms with Crippen LogP contribution in [0, 0.1) is 17.0 Å². The minimum Gasteiger partial charge on any atom is -0.298 e. The topological polar surface area (TPSA) is 92.6 Å². The van der Waals surface area contributed by atoms with Gasteiger partial charge in [0, 0.05) is 16.6 Å². The number of thiocarbonyl (C=S) groups is 1. The molecule has 1 aliphatic heterocycles. The van der Waals surface area contributed by atoms with Crippen LogP contribution < -0.4 is 10.2 Å². The molecule has 1 saturated heterocycles. The highest BCUT2D eigenvalue weighted by atomic mass is 79.9. The fourth-order valence-corrected chi connectivity index (χ4v) is 3.39. The van der Waals surface area contributed by atoms with Crippen LogP contribution in [0.15, 0.2) is 52.5 Å². The van der Waals surface area contributed by atoms with Crippen molar-refractivity contribution in [3.8, 4) is 0 Å². The summed E-state index contributed by atoms with van der Waals surface area (Å²) in [7, 11) is 0. The van der Waals surface area contributed by atoms with E-state index >= 15 is 0 Å². The van der Waals surface area contributed by atoms with E-state index in [4.69, 9.17) is 12.2 Å². The highest BCUT2D eigenvalue weighted by molar-refractivity contribution is 9.10. The zero-order chi connectivity index (χ0) is 19.7. The molecule has 0 unspecified atom stereocenters. The predicted molar refractivity (Wildman–Crippen MR) is 108 cm³/mol. The second-order valence-electron chi connectivity index (χ2n) is 5.74. The van der Waals surface area contributed by atoms with Gasteiger partial charge in [-0.1, -0.05) is 28.1 Å². The maximum Gasteiger partial charge on any atom is 0.270 e. The van der Waals surface area contributed by atoms with Crippen molar-refractivity contribution >= 4 is 62.5 Å². The number of hydrogen-bond donors (Lipinski definition) is 1. The van der Waals surface area contributed by atoms with Gasteiger partial charge in [-0.3, -0.25) is 29.9 Å². The third-order valence-electron chi connectivity index (χ3n) is 3.89. The largest absolute Gasteiger partial charge is 0.298 e. The van der Waals surface area contributed by atoms with Gasteiger partial charge in [0.15, 0.2) is 5.11 Å². The maximum atomic E-state index is 13.0. The molecule has 1 N–H and O–H groups in total. The Morgan fingerprint density at radius 2 is 1.96 bits per heavy atom. The van der Waals surface area contributed by atoms with Crippen LogP contribution in [0.25, 0.3) is 6.08 Å². The molecule has 3 rings (SSSR count). The number of amides is 2. The number of carbonyl (C=O) groups is 2. The minimum atomic E-state index is -0.650. The molecule has 2 amide bonds. The zero-order valence-corrected chi connectivity index (χ0v) is 16.3. The predicted octanol–water partition coefficient (Wildman–Crippen LogP) is 3.50. The summed E-state index contributed by atoms with van der Waals surface area (Å²) in [5.74, 6) is -1.25. The summed E-state index contributed by atoms with van der Waals surface area (Å²) in [5, 5.41) is 13.4. The zero-order valence-electron chi connectivity index (χ0n) is 13.9. The number of nitrogens with one attached hydrogen (secondary N) is 1. The van der Waals surface area contributed by atoms with Gasteiger partial charge in [-0.2, -0.15) is 0 Å². The van der Waals surface area contributed by atoms with Crippen LogP contribution in [0.2, 0.25) is 0 Å². The Morgan fingerprint density at radius 1 is 1.22 bits per heavy atom. The van der Waals surface area contributed by atoms with Gasteiger partial charge >= 0.3 is 0 Å². The summed E-state index contributed by atoms with van der Waals surface area (Å²) in [6, 6.07) is 11.0. The molecule has 136 valence electrons. The van der Waals surface area contributed by atoms with E-state index in [0.29, 0.717) is 11.3 Å². The van der Waals surface area contributed by atoms with Gasteiger partial charge in [0.2, 0.25) is 0 Å². The van der Waals surface area contributed by atoms with Gasteiger partial charge < -0.3 is 0 Å². The van der Waals surface area contributed by atoms with E-state index in [-0.39, 0.29) is 16.4 Å². The molecule has 0 radical (unpaired) electrons. The number of benzene rings is 2. The van der Waals surface area contributed by atoms with Gasteiger partial charge in [0.1, 0.15) is 5.57 Å². The van der Waals surface area contributed by atoms with Crippen molar-refractivity contribution in [2.45, 2.75) is 6.92 Å². The molecule has 0 saturated carbocycles. The van der Waals surface area contributed by atoms with Gasteiger partial charge in [-0.25, -0.2) is 0 Å². The average Bonchev–Trinajstić information content (AvgIpc) is 2.60. The standard InChI is InChI=1S/C18H12BrN3O4S/c1-10-7-12(19)5-6-15(10)21-17(24)14(16(23)20-18(21)27)9-11-3-2-4-13(8-11)22(25)26/h2-9H,1H3,(H,20,23,27)/b14-9+. The first-order valence-corrected chi connectivity index (χ1v) is 8.90. The Balaban J connectivity index is 2.05. The quantitative estimate of drug-likeness (QED) is 0.256. The third-order valence-corrected chi connectivity index (χ3v) is 4.67. The number of rotatable bonds is 3. The SMILES string of the molecule is Cc1cc(Br)ccc1N1C(=O)/C(=C/c2cccc([N+](=O)[O-])c2)C(=O)NC1=S. The molecule has 0 spiro atoms. The first-order chi connectivity index (χ1) is 12.8. The van der Waals surface area contributed by atoms with Crippen LogP contribution >= 0.6 is 28.1 Å². The number of halogens is 1. The summed E-state index contributed by atoms with van der Waals surface area (Å²) < 4.78 is 0.843. The van der Waals surface area contributed by atoms with Gasteiger partial charge in [0.25, 0.3) is 17.5 Å². The molecular weight excluding hydrogens is 434 g/mol. The number of aryl methyl sites for hydroxylation is 1. The molecule has 1 aliphatic rings. The number of carbonyl (C=O) groups excluding carboxylic acids is 2. The van der Waals surface area contributed by atoms with E-state index < -0.39 is 16.7 Å². The van der Waals surface area contributed by atoms with E-state index in [9.17, 15) is 19.7 Å². The van der Waals surface area contributed by atoms with Crippen molar-refractivity contribution in [3.05, 3.63) is 73.8 Å². The summed E-state index contributed by atoms with van der Waals surface area (Å²) in [6.07, 6.45) is 1.31. The number of anilines is 1. The molecule has 9 heteroatoms. The fraction of sp³-hybridized carbons (Fsp3) is 0.0556. The normalized spacial score (nSPS) is 15.9. The van der Waals surface area contributed by atoms with Crippen LogP contribution in [0.4, 0.5) is 11.4 Å². The molecule has 0 bridgehead atoms. The summed E-state index contributed by atoms with van der Waals surface area (Å²) in [6.45, 7) is 1.82. The first kappa shape index (κ1) is 18.9. The van der Waals surface area contributed by atoms with E-state index in [1.165, 1.54) is 29.2 Å². The van der Waals surface area contributed by atoms with E-state index in [0.717, 1.165) is 10.0 Å². The summed E-state index contributed by atoms with van der Waals surface area (Å²) in [5.41, 5.74) is 1.39. The van der Waals surface area contributed by atoms with Crippen molar-refractivity contribution in [2.24, 2.45) is 0 Å².